The fourth-order valence-electron chi connectivity index (χ4n) is 0.452. The molecule has 3 heteroatoms. The molecule has 1 rings (SSSR count). The summed E-state index contributed by atoms with van der Waals surface area (Å²) in [6.07, 6.45) is 1.79. The van der Waals surface area contributed by atoms with Crippen LogP contribution in [0.4, 0.5) is 0 Å². The summed E-state index contributed by atoms with van der Waals surface area (Å²) in [5.74, 6) is 0. The fraction of sp³-hybridized carbons (Fsp3) is 0.167. The zero-order valence-electron chi connectivity index (χ0n) is 5.02. The van der Waals surface area contributed by atoms with Gasteiger partial charge < -0.3 is 0 Å². The van der Waals surface area contributed by atoms with Crippen LogP contribution in [0.3, 0.4) is 0 Å². The molecule has 1 aromatic heterocycles. The van der Waals surface area contributed by atoms with Crippen LogP contribution in [0, 0.1) is 0 Å². The zero-order chi connectivity index (χ0) is 6.85. The maximum absolute atomic E-state index is 4.09. The van der Waals surface area contributed by atoms with Crippen molar-refractivity contribution in [3.8, 4) is 0 Å². The Morgan fingerprint density at radius 2 is 2.56 bits per heavy atom. The quantitative estimate of drug-likeness (QED) is 0.685. The van der Waals surface area contributed by atoms with Crippen LogP contribution in [-0.4, -0.2) is 4.98 Å². The number of rotatable bonds is 1. The highest BCUT2D eigenvalue weighted by Gasteiger charge is 1.97. The molecule has 0 saturated heterocycles. The second-order valence-corrected chi connectivity index (χ2v) is 4.16. The summed E-state index contributed by atoms with van der Waals surface area (Å²) in [7, 11) is 0. The molecule has 0 atom stereocenters. The summed E-state index contributed by atoms with van der Waals surface area (Å²) in [4.78, 5) is 4.09. The lowest BCUT2D eigenvalue weighted by molar-refractivity contribution is 1.36. The van der Waals surface area contributed by atoms with E-state index in [0.29, 0.717) is 0 Å². The third-order valence-electron chi connectivity index (χ3n) is 0.843. The number of allylic oxidation sites excluding steroid dienone is 1. The first-order valence-electron chi connectivity index (χ1n) is 2.47. The van der Waals surface area contributed by atoms with Gasteiger partial charge in [-0.3, -0.25) is 0 Å². The van der Waals surface area contributed by atoms with E-state index >= 15 is 0 Å². The van der Waals surface area contributed by atoms with Gasteiger partial charge in [-0.1, -0.05) is 6.58 Å². The Kier molecular flexibility index (Phi) is 2.03. The number of thiazole rings is 1. The molecule has 0 N–H and O–H groups in total. The van der Waals surface area contributed by atoms with Crippen molar-refractivity contribution < 1.29 is 0 Å². The Hall–Kier alpha value is -0.150. The summed E-state index contributed by atoms with van der Waals surface area (Å²) < 4.78 is 1.06. The van der Waals surface area contributed by atoms with Crippen molar-refractivity contribution in [2.75, 3.05) is 0 Å². The van der Waals surface area contributed by atoms with E-state index in [0.717, 1.165) is 14.4 Å². The molecule has 0 fully saturated rings. The van der Waals surface area contributed by atoms with Crippen LogP contribution in [0.5, 0.6) is 0 Å². The summed E-state index contributed by atoms with van der Waals surface area (Å²) in [5.41, 5.74) is 1.02. The third kappa shape index (κ3) is 1.63. The lowest BCUT2D eigenvalue weighted by atomic mass is 10.4. The number of halogens is 1. The van der Waals surface area contributed by atoms with Gasteiger partial charge in [0.25, 0.3) is 0 Å². The van der Waals surface area contributed by atoms with Gasteiger partial charge in [0.2, 0.25) is 0 Å². The molecule has 9 heavy (non-hydrogen) atoms. The molecule has 0 saturated carbocycles. The molecule has 1 nitrogen and oxygen atoms in total. The van der Waals surface area contributed by atoms with E-state index in [1.165, 1.54) is 0 Å². The highest BCUT2D eigenvalue weighted by atomic mass is 79.9. The molecule has 0 radical (unpaired) electrons. The van der Waals surface area contributed by atoms with Gasteiger partial charge in [-0.05, 0) is 28.4 Å². The predicted octanol–water partition coefficient (Wildman–Crippen LogP) is 2.94. The SMILES string of the molecule is C=C(C)c1ncc(Br)s1. The first kappa shape index (κ1) is 6.96. The smallest absolute Gasteiger partial charge is 0.119 e. The van der Waals surface area contributed by atoms with Crippen molar-refractivity contribution in [3.63, 3.8) is 0 Å². The summed E-state index contributed by atoms with van der Waals surface area (Å²) in [6.45, 7) is 5.72. The molecule has 0 aliphatic carbocycles. The molecule has 0 spiro atoms. The van der Waals surface area contributed by atoms with E-state index in [9.17, 15) is 0 Å². The van der Waals surface area contributed by atoms with Crippen molar-refractivity contribution in [2.45, 2.75) is 6.92 Å². The Bertz CT molecular complexity index is 229. The molecule has 0 aliphatic heterocycles. The van der Waals surface area contributed by atoms with Crippen molar-refractivity contribution in [2.24, 2.45) is 0 Å². The first-order valence-corrected chi connectivity index (χ1v) is 4.08. The zero-order valence-corrected chi connectivity index (χ0v) is 7.42. The summed E-state index contributed by atoms with van der Waals surface area (Å²) >= 11 is 4.92. The Morgan fingerprint density at radius 1 is 1.89 bits per heavy atom. The van der Waals surface area contributed by atoms with Gasteiger partial charge in [0.1, 0.15) is 5.01 Å². The van der Waals surface area contributed by atoms with Crippen LogP contribution in [0.25, 0.3) is 5.57 Å². The highest BCUT2D eigenvalue weighted by Crippen LogP contribution is 2.23. The van der Waals surface area contributed by atoms with E-state index < -0.39 is 0 Å². The molecule has 1 heterocycles. The Morgan fingerprint density at radius 3 is 2.78 bits per heavy atom. The van der Waals surface area contributed by atoms with Crippen molar-refractivity contribution in [1.29, 1.82) is 0 Å². The van der Waals surface area contributed by atoms with E-state index in [4.69, 9.17) is 0 Å². The van der Waals surface area contributed by atoms with Gasteiger partial charge in [-0.2, -0.15) is 0 Å². The fourth-order valence-corrected chi connectivity index (χ4v) is 1.58. The van der Waals surface area contributed by atoms with Crippen LogP contribution < -0.4 is 0 Å². The highest BCUT2D eigenvalue weighted by molar-refractivity contribution is 9.11. The topological polar surface area (TPSA) is 12.9 Å². The van der Waals surface area contributed by atoms with Gasteiger partial charge in [0.15, 0.2) is 0 Å². The molecule has 0 unspecified atom stereocenters. The molecular weight excluding hydrogens is 198 g/mol. The lowest BCUT2D eigenvalue weighted by Crippen LogP contribution is -1.69. The van der Waals surface area contributed by atoms with E-state index in [1.54, 1.807) is 17.5 Å². The number of hydrogen-bond acceptors (Lipinski definition) is 2. The van der Waals surface area contributed by atoms with Gasteiger partial charge in [-0.25, -0.2) is 4.98 Å². The number of aromatic nitrogens is 1. The van der Waals surface area contributed by atoms with Gasteiger partial charge in [-0.15, -0.1) is 11.3 Å². The van der Waals surface area contributed by atoms with Crippen molar-refractivity contribution in [1.82, 2.24) is 4.98 Å². The van der Waals surface area contributed by atoms with E-state index in [2.05, 4.69) is 27.5 Å². The summed E-state index contributed by atoms with van der Waals surface area (Å²) in [6, 6.07) is 0. The van der Waals surface area contributed by atoms with Crippen LogP contribution in [0.2, 0.25) is 0 Å². The maximum Gasteiger partial charge on any atom is 0.119 e. The van der Waals surface area contributed by atoms with E-state index in [1.807, 2.05) is 6.92 Å². The largest absolute Gasteiger partial charge is 0.244 e. The lowest BCUT2D eigenvalue weighted by Gasteiger charge is -1.85. The molecule has 0 bridgehead atoms. The van der Waals surface area contributed by atoms with Gasteiger partial charge in [0.05, 0.1) is 9.98 Å². The minimum absolute atomic E-state index is 1.00. The Labute approximate surface area is 66.6 Å². The minimum Gasteiger partial charge on any atom is -0.244 e. The molecule has 0 aliphatic rings. The predicted molar refractivity (Wildman–Crippen MR) is 44.5 cm³/mol. The average molecular weight is 204 g/mol. The molecule has 48 valence electrons. The van der Waals surface area contributed by atoms with Crippen LogP contribution in [0.1, 0.15) is 11.9 Å². The first-order chi connectivity index (χ1) is 4.20. The number of nitrogens with zero attached hydrogens (tertiary/aromatic N) is 1. The van der Waals surface area contributed by atoms with Crippen LogP contribution >= 0.6 is 27.3 Å². The average Bonchev–Trinajstić information content (AvgIpc) is 2.14. The van der Waals surface area contributed by atoms with Crippen LogP contribution in [-0.2, 0) is 0 Å². The minimum atomic E-state index is 1.00. The van der Waals surface area contributed by atoms with Crippen molar-refractivity contribution >= 4 is 32.8 Å². The second kappa shape index (κ2) is 2.62. The van der Waals surface area contributed by atoms with E-state index in [-0.39, 0.29) is 0 Å². The molecular formula is C6H6BrNS. The monoisotopic (exact) mass is 203 g/mol. The normalized spacial score (nSPS) is 9.56. The van der Waals surface area contributed by atoms with Crippen LogP contribution in [0.15, 0.2) is 16.6 Å². The van der Waals surface area contributed by atoms with Gasteiger partial charge >= 0.3 is 0 Å². The maximum atomic E-state index is 4.09. The summed E-state index contributed by atoms with van der Waals surface area (Å²) in [5, 5.41) is 1.00. The molecule has 0 aromatic carbocycles. The molecule has 1 aromatic rings. The van der Waals surface area contributed by atoms with Crippen molar-refractivity contribution in [3.05, 3.63) is 21.6 Å². The second-order valence-electron chi connectivity index (χ2n) is 1.75. The third-order valence-corrected chi connectivity index (χ3v) is 2.48. The van der Waals surface area contributed by atoms with Gasteiger partial charge in [0, 0.05) is 0 Å². The molecule has 0 amide bonds. The standard InChI is InChI=1S/C6H6BrNS/c1-4(2)6-8-3-5(7)9-6/h3H,1H2,2H3. The Balaban J connectivity index is 2.98. The number of hydrogen-bond donors (Lipinski definition) is 0.